The van der Waals surface area contributed by atoms with Gasteiger partial charge in [0.05, 0.1) is 40.5 Å². The average Bonchev–Trinajstić information content (AvgIpc) is 3.59. The lowest BCUT2D eigenvalue weighted by molar-refractivity contribution is -0.122. The van der Waals surface area contributed by atoms with Crippen LogP contribution < -0.4 is 10.6 Å². The number of aromatic amines is 2. The predicted molar refractivity (Wildman–Crippen MR) is 168 cm³/mol. The lowest BCUT2D eigenvalue weighted by Crippen LogP contribution is -2.28. The maximum Gasteiger partial charge on any atom is 0.227 e. The first-order valence-corrected chi connectivity index (χ1v) is 14.6. The molecule has 1 aromatic carbocycles. The van der Waals surface area contributed by atoms with E-state index in [-0.39, 0.29) is 17.6 Å². The number of amides is 1. The summed E-state index contributed by atoms with van der Waals surface area (Å²) in [6.07, 6.45) is 9.70. The van der Waals surface area contributed by atoms with Crippen molar-refractivity contribution in [3.05, 3.63) is 67.0 Å². The van der Waals surface area contributed by atoms with Crippen LogP contribution in [-0.2, 0) is 4.79 Å². The fourth-order valence-corrected chi connectivity index (χ4v) is 5.33. The normalized spacial score (nSPS) is 13.5. The van der Waals surface area contributed by atoms with E-state index < -0.39 is 0 Å². The van der Waals surface area contributed by atoms with Gasteiger partial charge < -0.3 is 20.5 Å². The molecule has 0 bridgehead atoms. The number of benzene rings is 1. The van der Waals surface area contributed by atoms with E-state index >= 15 is 0 Å². The van der Waals surface area contributed by atoms with Crippen molar-refractivity contribution in [3.63, 3.8) is 0 Å². The second-order valence-electron chi connectivity index (χ2n) is 11.4. The van der Waals surface area contributed by atoms with E-state index in [9.17, 15) is 9.18 Å². The number of anilines is 2. The van der Waals surface area contributed by atoms with Gasteiger partial charge in [0, 0.05) is 53.6 Å². The zero-order valence-electron chi connectivity index (χ0n) is 24.4. The van der Waals surface area contributed by atoms with E-state index in [4.69, 9.17) is 4.98 Å². The summed E-state index contributed by atoms with van der Waals surface area (Å²) in [6.45, 7) is 1.49. The van der Waals surface area contributed by atoms with Gasteiger partial charge in [-0.3, -0.25) is 24.8 Å². The molecule has 5 aromatic heterocycles. The highest BCUT2D eigenvalue weighted by Gasteiger charge is 2.25. The number of halogens is 1. The van der Waals surface area contributed by atoms with Gasteiger partial charge in [0.2, 0.25) is 5.91 Å². The number of nitrogens with one attached hydrogen (secondary N) is 4. The standard InChI is InChI=1S/C32H31FN10O/c1-43(2)9-8-35-22-11-19(10-21(33)13-22)28-30-25(6-7-36-28)39-31(40-30)29-24-14-26(37-17-27(24)41-42-29)20-12-23(16-34-15-20)38-32(44)18-4-3-5-18/h6-7,10-18,35H,3-5,8-9H2,1-2H3,(H,38,44)(H,39,40)(H,41,42). The Morgan fingerprint density at radius 1 is 1.00 bits per heavy atom. The van der Waals surface area contributed by atoms with Gasteiger partial charge in [-0.25, -0.2) is 9.37 Å². The number of hydrogen-bond donors (Lipinski definition) is 4. The molecule has 0 aliphatic heterocycles. The molecule has 0 atom stereocenters. The summed E-state index contributed by atoms with van der Waals surface area (Å²) >= 11 is 0. The molecule has 44 heavy (non-hydrogen) atoms. The molecule has 0 unspecified atom stereocenters. The molecule has 1 amide bonds. The molecule has 5 heterocycles. The molecular weight excluding hydrogens is 559 g/mol. The van der Waals surface area contributed by atoms with Crippen molar-refractivity contribution in [1.29, 1.82) is 0 Å². The Morgan fingerprint density at radius 2 is 1.86 bits per heavy atom. The first kappa shape index (κ1) is 27.6. The van der Waals surface area contributed by atoms with Crippen LogP contribution in [0, 0.1) is 11.7 Å². The maximum atomic E-state index is 14.7. The second-order valence-corrected chi connectivity index (χ2v) is 11.4. The number of nitrogens with zero attached hydrogens (tertiary/aromatic N) is 6. The number of carbonyl (C=O) groups is 1. The Bertz CT molecular complexity index is 1990. The number of imidazole rings is 1. The van der Waals surface area contributed by atoms with Crippen molar-refractivity contribution in [2.24, 2.45) is 5.92 Å². The van der Waals surface area contributed by atoms with Crippen molar-refractivity contribution in [2.75, 3.05) is 37.8 Å². The Labute approximate surface area is 252 Å². The van der Waals surface area contributed by atoms with Crippen molar-refractivity contribution < 1.29 is 9.18 Å². The topological polar surface area (TPSA) is 140 Å². The summed E-state index contributed by atoms with van der Waals surface area (Å²) in [5, 5.41) is 14.7. The summed E-state index contributed by atoms with van der Waals surface area (Å²) in [7, 11) is 3.98. The lowest BCUT2D eigenvalue weighted by atomic mass is 9.85. The van der Waals surface area contributed by atoms with Crippen molar-refractivity contribution in [1.82, 2.24) is 40.0 Å². The van der Waals surface area contributed by atoms with Crippen LogP contribution >= 0.6 is 0 Å². The molecule has 0 radical (unpaired) electrons. The number of carbonyl (C=O) groups excluding carboxylic acids is 1. The minimum atomic E-state index is -0.357. The molecule has 4 N–H and O–H groups in total. The third kappa shape index (κ3) is 5.47. The molecule has 222 valence electrons. The molecule has 1 saturated carbocycles. The molecule has 1 aliphatic rings. The lowest BCUT2D eigenvalue weighted by Gasteiger charge is -2.24. The van der Waals surface area contributed by atoms with Crippen molar-refractivity contribution in [3.8, 4) is 34.0 Å². The largest absolute Gasteiger partial charge is 0.384 e. The minimum absolute atomic E-state index is 0.0320. The molecule has 1 aliphatic carbocycles. The van der Waals surface area contributed by atoms with Crippen molar-refractivity contribution in [2.45, 2.75) is 19.3 Å². The fourth-order valence-electron chi connectivity index (χ4n) is 5.33. The zero-order valence-corrected chi connectivity index (χ0v) is 24.4. The fraction of sp³-hybridized carbons (Fsp3) is 0.250. The third-order valence-corrected chi connectivity index (χ3v) is 7.91. The number of pyridine rings is 3. The molecule has 11 nitrogen and oxygen atoms in total. The summed E-state index contributed by atoms with van der Waals surface area (Å²) < 4.78 is 14.7. The van der Waals surface area contributed by atoms with E-state index in [1.54, 1.807) is 24.8 Å². The zero-order chi connectivity index (χ0) is 30.2. The predicted octanol–water partition coefficient (Wildman–Crippen LogP) is 5.48. The van der Waals surface area contributed by atoms with Crippen LogP contribution in [0.25, 0.3) is 56.0 Å². The molecule has 7 rings (SSSR count). The Balaban J connectivity index is 1.21. The highest BCUT2D eigenvalue weighted by molar-refractivity contribution is 5.97. The Morgan fingerprint density at radius 3 is 2.68 bits per heavy atom. The van der Waals surface area contributed by atoms with E-state index in [0.717, 1.165) is 47.8 Å². The van der Waals surface area contributed by atoms with Crippen LogP contribution in [0.4, 0.5) is 15.8 Å². The number of aromatic nitrogens is 7. The molecule has 12 heteroatoms. The first-order valence-electron chi connectivity index (χ1n) is 14.6. The van der Waals surface area contributed by atoms with Crippen LogP contribution in [0.5, 0.6) is 0 Å². The number of hydrogen-bond acceptors (Lipinski definition) is 8. The average molecular weight is 591 g/mol. The smallest absolute Gasteiger partial charge is 0.227 e. The van der Waals surface area contributed by atoms with Gasteiger partial charge in [-0.2, -0.15) is 5.10 Å². The Hall–Kier alpha value is -5.23. The molecule has 0 saturated heterocycles. The van der Waals surface area contributed by atoms with Gasteiger partial charge >= 0.3 is 0 Å². The Kier molecular flexibility index (Phi) is 7.18. The van der Waals surface area contributed by atoms with Crippen LogP contribution in [0.2, 0.25) is 0 Å². The molecule has 0 spiro atoms. The van der Waals surface area contributed by atoms with Crippen LogP contribution in [0.3, 0.4) is 0 Å². The van der Waals surface area contributed by atoms with Gasteiger partial charge in [0.25, 0.3) is 0 Å². The number of likely N-dealkylation sites (N-methyl/N-ethyl adjacent to an activating group) is 1. The third-order valence-electron chi connectivity index (χ3n) is 7.91. The quantitative estimate of drug-likeness (QED) is 0.174. The van der Waals surface area contributed by atoms with Gasteiger partial charge in [-0.15, -0.1) is 0 Å². The first-order chi connectivity index (χ1) is 21.4. The molecule has 1 fully saturated rings. The number of H-pyrrole nitrogens is 2. The van der Waals surface area contributed by atoms with E-state index in [2.05, 4.69) is 45.7 Å². The van der Waals surface area contributed by atoms with Crippen molar-refractivity contribution >= 4 is 39.2 Å². The molecule has 6 aromatic rings. The highest BCUT2D eigenvalue weighted by Crippen LogP contribution is 2.33. The van der Waals surface area contributed by atoms with Gasteiger partial charge in [-0.05, 0) is 63.3 Å². The second kappa shape index (κ2) is 11.5. The summed E-state index contributed by atoms with van der Waals surface area (Å²) in [5.74, 6) is 0.292. The molecular formula is C32H31FN10O. The maximum absolute atomic E-state index is 14.7. The summed E-state index contributed by atoms with van der Waals surface area (Å²) in [5.41, 5.74) is 6.66. The van der Waals surface area contributed by atoms with Gasteiger partial charge in [0.15, 0.2) is 5.82 Å². The van der Waals surface area contributed by atoms with Crippen LogP contribution in [0.15, 0.2) is 61.2 Å². The van der Waals surface area contributed by atoms with E-state index in [1.165, 1.54) is 12.1 Å². The van der Waals surface area contributed by atoms with Gasteiger partial charge in [-0.1, -0.05) is 6.42 Å². The monoisotopic (exact) mass is 590 g/mol. The summed E-state index contributed by atoms with van der Waals surface area (Å²) in [4.78, 5) is 36.3. The minimum Gasteiger partial charge on any atom is -0.384 e. The SMILES string of the molecule is CN(C)CCNc1cc(F)cc(-c2nccc3[nH]c(-c4n[nH]c5cnc(-c6cncc(NC(=O)C7CCC7)c6)cc45)nc23)c1. The van der Waals surface area contributed by atoms with Crippen LogP contribution in [0.1, 0.15) is 19.3 Å². The van der Waals surface area contributed by atoms with E-state index in [1.807, 2.05) is 38.4 Å². The number of rotatable bonds is 9. The summed E-state index contributed by atoms with van der Waals surface area (Å²) in [6, 6.07) is 10.5. The number of fused-ring (bicyclic) bond motifs is 2. The van der Waals surface area contributed by atoms with Crippen LogP contribution in [-0.4, -0.2) is 73.1 Å². The van der Waals surface area contributed by atoms with E-state index in [0.29, 0.717) is 51.9 Å². The highest BCUT2D eigenvalue weighted by atomic mass is 19.1. The van der Waals surface area contributed by atoms with Gasteiger partial charge in [0.1, 0.15) is 17.0 Å².